The smallest absolute Gasteiger partial charge is 0.144 e. The van der Waals surface area contributed by atoms with Crippen LogP contribution in [0.25, 0.3) is 0 Å². The van der Waals surface area contributed by atoms with Gasteiger partial charge in [0.2, 0.25) is 0 Å². The van der Waals surface area contributed by atoms with Crippen molar-refractivity contribution in [1.82, 2.24) is 4.98 Å². The molecule has 0 amide bonds. The summed E-state index contributed by atoms with van der Waals surface area (Å²) >= 11 is 6.06. The average molecular weight is 294 g/mol. The summed E-state index contributed by atoms with van der Waals surface area (Å²) in [5, 5.41) is 3.62. The number of nitrogens with one attached hydrogen (secondary N) is 1. The molecule has 0 spiro atoms. The van der Waals surface area contributed by atoms with E-state index in [2.05, 4.69) is 10.3 Å². The van der Waals surface area contributed by atoms with Crippen LogP contribution >= 0.6 is 11.6 Å². The third-order valence-corrected chi connectivity index (χ3v) is 3.18. The summed E-state index contributed by atoms with van der Waals surface area (Å²) in [4.78, 5) is 4.27. The third-order valence-electron chi connectivity index (χ3n) is 2.88. The molecule has 0 saturated heterocycles. The van der Waals surface area contributed by atoms with Crippen LogP contribution < -0.4 is 20.5 Å². The molecule has 106 valence electrons. The fourth-order valence-corrected chi connectivity index (χ4v) is 1.93. The van der Waals surface area contributed by atoms with Gasteiger partial charge < -0.3 is 20.5 Å². The standard InChI is InChI=1S/C14H16ClN3O2/c1-8-7-17-14(5-10(8)16)18-11-6-12(19-2)9(15)4-13(11)20-3/h4-7H,1-3H3,(H3,16,17,18). The summed E-state index contributed by atoms with van der Waals surface area (Å²) in [5.74, 6) is 1.77. The number of hydrogen-bond acceptors (Lipinski definition) is 5. The number of nitrogens with zero attached hydrogens (tertiary/aromatic N) is 1. The fourth-order valence-electron chi connectivity index (χ4n) is 1.70. The molecular weight excluding hydrogens is 278 g/mol. The van der Waals surface area contributed by atoms with Gasteiger partial charge in [0.1, 0.15) is 17.3 Å². The molecule has 0 aliphatic carbocycles. The van der Waals surface area contributed by atoms with Crippen LogP contribution in [-0.4, -0.2) is 19.2 Å². The summed E-state index contributed by atoms with van der Waals surface area (Å²) in [6.07, 6.45) is 1.71. The normalized spacial score (nSPS) is 10.2. The highest BCUT2D eigenvalue weighted by Crippen LogP contribution is 2.37. The number of aromatic nitrogens is 1. The van der Waals surface area contributed by atoms with Gasteiger partial charge in [0.05, 0.1) is 24.9 Å². The number of rotatable bonds is 4. The molecule has 0 aliphatic rings. The van der Waals surface area contributed by atoms with Gasteiger partial charge in [-0.2, -0.15) is 0 Å². The molecule has 0 saturated carbocycles. The molecule has 0 fully saturated rings. The zero-order valence-electron chi connectivity index (χ0n) is 11.5. The number of nitrogen functional groups attached to an aromatic ring is 1. The number of aryl methyl sites for hydroxylation is 1. The monoisotopic (exact) mass is 293 g/mol. The van der Waals surface area contributed by atoms with Gasteiger partial charge in [-0.3, -0.25) is 0 Å². The van der Waals surface area contributed by atoms with Crippen LogP contribution in [0.2, 0.25) is 5.02 Å². The van der Waals surface area contributed by atoms with Crippen LogP contribution in [0.5, 0.6) is 11.5 Å². The topological polar surface area (TPSA) is 69.4 Å². The molecule has 0 aliphatic heterocycles. The second-order valence-corrected chi connectivity index (χ2v) is 4.65. The molecule has 1 heterocycles. The maximum Gasteiger partial charge on any atom is 0.144 e. The number of nitrogens with two attached hydrogens (primary N) is 1. The predicted octanol–water partition coefficient (Wildman–Crippen LogP) is 3.39. The summed E-state index contributed by atoms with van der Waals surface area (Å²) in [5.41, 5.74) is 8.16. The molecule has 2 aromatic rings. The quantitative estimate of drug-likeness (QED) is 0.904. The molecule has 0 unspecified atom stereocenters. The first-order chi connectivity index (χ1) is 9.55. The van der Waals surface area contributed by atoms with Crippen molar-refractivity contribution in [2.45, 2.75) is 6.92 Å². The lowest BCUT2D eigenvalue weighted by Gasteiger charge is -2.14. The van der Waals surface area contributed by atoms with Crippen molar-refractivity contribution in [1.29, 1.82) is 0 Å². The van der Waals surface area contributed by atoms with E-state index in [1.165, 1.54) is 0 Å². The summed E-state index contributed by atoms with van der Waals surface area (Å²) in [7, 11) is 3.12. The summed E-state index contributed by atoms with van der Waals surface area (Å²) in [6.45, 7) is 1.90. The van der Waals surface area contributed by atoms with E-state index < -0.39 is 0 Å². The Morgan fingerprint density at radius 2 is 1.85 bits per heavy atom. The molecule has 5 nitrogen and oxygen atoms in total. The van der Waals surface area contributed by atoms with Crippen LogP contribution in [0, 0.1) is 6.92 Å². The first-order valence-corrected chi connectivity index (χ1v) is 6.33. The Morgan fingerprint density at radius 3 is 2.45 bits per heavy atom. The minimum atomic E-state index is 0.478. The van der Waals surface area contributed by atoms with Crippen LogP contribution in [0.3, 0.4) is 0 Å². The van der Waals surface area contributed by atoms with Gasteiger partial charge in [0.15, 0.2) is 0 Å². The van der Waals surface area contributed by atoms with Gasteiger partial charge in [-0.15, -0.1) is 0 Å². The van der Waals surface area contributed by atoms with Crippen molar-refractivity contribution in [2.24, 2.45) is 0 Å². The SMILES string of the molecule is COc1cc(Nc2cc(N)c(C)cn2)c(OC)cc1Cl. The Kier molecular flexibility index (Phi) is 4.20. The van der Waals surface area contributed by atoms with E-state index in [4.69, 9.17) is 26.8 Å². The Bertz CT molecular complexity index is 632. The first-order valence-electron chi connectivity index (χ1n) is 5.95. The van der Waals surface area contributed by atoms with Crippen molar-refractivity contribution in [3.8, 4) is 11.5 Å². The van der Waals surface area contributed by atoms with E-state index in [-0.39, 0.29) is 0 Å². The van der Waals surface area contributed by atoms with Crippen LogP contribution in [0.4, 0.5) is 17.2 Å². The second-order valence-electron chi connectivity index (χ2n) is 4.24. The third kappa shape index (κ3) is 2.88. The van der Waals surface area contributed by atoms with Crippen LogP contribution in [0.15, 0.2) is 24.4 Å². The Morgan fingerprint density at radius 1 is 1.15 bits per heavy atom. The number of hydrogen-bond donors (Lipinski definition) is 2. The Hall–Kier alpha value is -2.14. The number of anilines is 3. The molecule has 0 radical (unpaired) electrons. The minimum Gasteiger partial charge on any atom is -0.495 e. The Labute approximate surface area is 122 Å². The molecule has 0 atom stereocenters. The van der Waals surface area contributed by atoms with Crippen molar-refractivity contribution in [3.63, 3.8) is 0 Å². The number of ether oxygens (including phenoxy) is 2. The van der Waals surface area contributed by atoms with Crippen molar-refractivity contribution < 1.29 is 9.47 Å². The molecular formula is C14H16ClN3O2. The van der Waals surface area contributed by atoms with E-state index >= 15 is 0 Å². The summed E-state index contributed by atoms with van der Waals surface area (Å²) in [6, 6.07) is 5.19. The van der Waals surface area contributed by atoms with Crippen molar-refractivity contribution in [2.75, 3.05) is 25.3 Å². The highest BCUT2D eigenvalue weighted by molar-refractivity contribution is 6.32. The van der Waals surface area contributed by atoms with Crippen molar-refractivity contribution >= 4 is 28.8 Å². The zero-order valence-corrected chi connectivity index (χ0v) is 12.3. The molecule has 1 aromatic heterocycles. The maximum absolute atomic E-state index is 6.06. The number of pyridine rings is 1. The van der Waals surface area contributed by atoms with E-state index in [1.54, 1.807) is 38.6 Å². The molecule has 20 heavy (non-hydrogen) atoms. The lowest BCUT2D eigenvalue weighted by atomic mass is 10.2. The highest BCUT2D eigenvalue weighted by Gasteiger charge is 2.11. The summed E-state index contributed by atoms with van der Waals surface area (Å²) < 4.78 is 10.5. The number of methoxy groups -OCH3 is 2. The first kappa shape index (κ1) is 14.3. The zero-order chi connectivity index (χ0) is 14.7. The fraction of sp³-hybridized carbons (Fsp3) is 0.214. The average Bonchev–Trinajstić information content (AvgIpc) is 2.44. The van der Waals surface area contributed by atoms with Crippen molar-refractivity contribution in [3.05, 3.63) is 35.0 Å². The predicted molar refractivity (Wildman–Crippen MR) is 81.2 cm³/mol. The largest absolute Gasteiger partial charge is 0.495 e. The highest BCUT2D eigenvalue weighted by atomic mass is 35.5. The van der Waals surface area contributed by atoms with Gasteiger partial charge in [0.25, 0.3) is 0 Å². The number of benzene rings is 1. The van der Waals surface area contributed by atoms with Crippen LogP contribution in [-0.2, 0) is 0 Å². The molecule has 2 rings (SSSR count). The van der Waals surface area contributed by atoms with Gasteiger partial charge in [-0.25, -0.2) is 4.98 Å². The molecule has 6 heteroatoms. The maximum atomic E-state index is 6.06. The van der Waals surface area contributed by atoms with E-state index in [0.29, 0.717) is 33.7 Å². The number of halogens is 1. The molecule has 3 N–H and O–H groups in total. The van der Waals surface area contributed by atoms with E-state index in [9.17, 15) is 0 Å². The Balaban J connectivity index is 2.38. The van der Waals surface area contributed by atoms with Gasteiger partial charge in [-0.05, 0) is 12.5 Å². The van der Waals surface area contributed by atoms with Crippen LogP contribution in [0.1, 0.15) is 5.56 Å². The van der Waals surface area contributed by atoms with E-state index in [1.807, 2.05) is 6.92 Å². The van der Waals surface area contributed by atoms with E-state index in [0.717, 1.165) is 5.56 Å². The lowest BCUT2D eigenvalue weighted by molar-refractivity contribution is 0.405. The second kappa shape index (κ2) is 5.88. The van der Waals surface area contributed by atoms with Gasteiger partial charge in [-0.1, -0.05) is 11.6 Å². The minimum absolute atomic E-state index is 0.478. The molecule has 0 bridgehead atoms. The molecule has 1 aromatic carbocycles. The van der Waals surface area contributed by atoms with Gasteiger partial charge >= 0.3 is 0 Å². The lowest BCUT2D eigenvalue weighted by Crippen LogP contribution is -2.00. The van der Waals surface area contributed by atoms with Gasteiger partial charge in [0, 0.05) is 30.1 Å².